The maximum absolute atomic E-state index is 6.34. The van der Waals surface area contributed by atoms with Crippen LogP contribution in [-0.2, 0) is 13.0 Å². The monoisotopic (exact) mass is 292 g/mol. The van der Waals surface area contributed by atoms with E-state index in [4.69, 9.17) is 11.6 Å². The zero-order valence-corrected chi connectivity index (χ0v) is 12.8. The Morgan fingerprint density at radius 2 is 2.10 bits per heavy atom. The minimum absolute atomic E-state index is 0.304. The average Bonchev–Trinajstić information content (AvgIpc) is 2.91. The Balaban J connectivity index is 2.22. The lowest BCUT2D eigenvalue weighted by atomic mass is 9.95. The van der Waals surface area contributed by atoms with Gasteiger partial charge in [-0.05, 0) is 25.1 Å². The first-order valence-corrected chi connectivity index (χ1v) is 7.45. The van der Waals surface area contributed by atoms with Crippen molar-refractivity contribution in [2.75, 3.05) is 13.1 Å². The Labute approximate surface area is 125 Å². The number of benzene rings is 1. The van der Waals surface area contributed by atoms with Crippen LogP contribution in [0.2, 0.25) is 5.02 Å². The molecule has 1 atom stereocenters. The van der Waals surface area contributed by atoms with Crippen molar-refractivity contribution in [1.29, 1.82) is 0 Å². The van der Waals surface area contributed by atoms with Crippen LogP contribution in [0.15, 0.2) is 30.6 Å². The van der Waals surface area contributed by atoms with Crippen molar-refractivity contribution in [2.45, 2.75) is 32.7 Å². The minimum atomic E-state index is 0.304. The third-order valence-corrected chi connectivity index (χ3v) is 3.75. The third kappa shape index (κ3) is 3.58. The van der Waals surface area contributed by atoms with Crippen molar-refractivity contribution in [1.82, 2.24) is 20.1 Å². The number of rotatable bonds is 7. The van der Waals surface area contributed by atoms with E-state index in [1.54, 1.807) is 6.33 Å². The van der Waals surface area contributed by atoms with E-state index in [9.17, 15) is 0 Å². The maximum atomic E-state index is 6.34. The van der Waals surface area contributed by atoms with Crippen molar-refractivity contribution in [2.24, 2.45) is 0 Å². The number of aromatic nitrogens is 3. The maximum Gasteiger partial charge on any atom is 0.138 e. The molecule has 0 spiro atoms. The zero-order valence-electron chi connectivity index (χ0n) is 12.0. The van der Waals surface area contributed by atoms with Gasteiger partial charge < -0.3 is 5.32 Å². The van der Waals surface area contributed by atoms with Gasteiger partial charge in [-0.25, -0.2) is 4.98 Å². The Bertz CT molecular complexity index is 538. The first kappa shape index (κ1) is 15.0. The van der Waals surface area contributed by atoms with Crippen molar-refractivity contribution in [3.05, 3.63) is 47.0 Å². The first-order valence-electron chi connectivity index (χ1n) is 7.08. The summed E-state index contributed by atoms with van der Waals surface area (Å²) < 4.78 is 1.94. The fourth-order valence-corrected chi connectivity index (χ4v) is 2.64. The molecule has 5 heteroatoms. The molecule has 0 saturated carbocycles. The van der Waals surface area contributed by atoms with Crippen LogP contribution in [0.1, 0.15) is 31.2 Å². The van der Waals surface area contributed by atoms with E-state index in [1.165, 1.54) is 5.56 Å². The summed E-state index contributed by atoms with van der Waals surface area (Å²) >= 11 is 6.34. The van der Waals surface area contributed by atoms with Crippen molar-refractivity contribution in [3.63, 3.8) is 0 Å². The fourth-order valence-electron chi connectivity index (χ4n) is 2.35. The highest BCUT2D eigenvalue weighted by molar-refractivity contribution is 6.31. The van der Waals surface area contributed by atoms with E-state index in [-0.39, 0.29) is 0 Å². The molecule has 2 rings (SSSR count). The van der Waals surface area contributed by atoms with E-state index in [1.807, 2.05) is 22.9 Å². The van der Waals surface area contributed by atoms with E-state index in [2.05, 4.69) is 35.3 Å². The summed E-state index contributed by atoms with van der Waals surface area (Å²) in [6.07, 6.45) is 2.46. The van der Waals surface area contributed by atoms with Gasteiger partial charge in [0, 0.05) is 30.5 Å². The summed E-state index contributed by atoms with van der Waals surface area (Å²) in [5, 5.41) is 8.46. The lowest BCUT2D eigenvalue weighted by Gasteiger charge is -2.19. The summed E-state index contributed by atoms with van der Waals surface area (Å²) in [6.45, 7) is 6.86. The Morgan fingerprint density at radius 3 is 2.80 bits per heavy atom. The molecule has 0 amide bonds. The van der Waals surface area contributed by atoms with Gasteiger partial charge in [-0.3, -0.25) is 4.68 Å². The first-order chi connectivity index (χ1) is 9.76. The van der Waals surface area contributed by atoms with Gasteiger partial charge in [0.1, 0.15) is 12.2 Å². The molecule has 0 aliphatic carbocycles. The van der Waals surface area contributed by atoms with E-state index >= 15 is 0 Å². The van der Waals surface area contributed by atoms with E-state index in [0.717, 1.165) is 36.9 Å². The molecule has 0 bridgehead atoms. The van der Waals surface area contributed by atoms with Crippen LogP contribution in [0.4, 0.5) is 0 Å². The van der Waals surface area contributed by atoms with Gasteiger partial charge in [-0.15, -0.1) is 0 Å². The molecular formula is C15H21ClN4. The van der Waals surface area contributed by atoms with Crippen LogP contribution in [0, 0.1) is 0 Å². The van der Waals surface area contributed by atoms with E-state index in [0.29, 0.717) is 5.92 Å². The number of nitrogens with one attached hydrogen (secondary N) is 1. The largest absolute Gasteiger partial charge is 0.316 e. The van der Waals surface area contributed by atoms with Crippen LogP contribution < -0.4 is 5.32 Å². The Morgan fingerprint density at radius 1 is 1.30 bits per heavy atom. The summed E-state index contributed by atoms with van der Waals surface area (Å²) in [5.74, 6) is 1.31. The lowest BCUT2D eigenvalue weighted by molar-refractivity contribution is 0.544. The fraction of sp³-hybridized carbons (Fsp3) is 0.467. The zero-order chi connectivity index (χ0) is 14.4. The third-order valence-electron chi connectivity index (χ3n) is 3.41. The smallest absolute Gasteiger partial charge is 0.138 e. The predicted molar refractivity (Wildman–Crippen MR) is 82.1 cm³/mol. The van der Waals surface area contributed by atoms with E-state index < -0.39 is 0 Å². The second-order valence-corrected chi connectivity index (χ2v) is 5.13. The summed E-state index contributed by atoms with van der Waals surface area (Å²) in [6, 6.07) is 8.03. The van der Waals surface area contributed by atoms with Crippen LogP contribution in [0.5, 0.6) is 0 Å². The standard InChI is InChI=1S/C15H21ClN4/c1-3-17-10-12(13-7-5-6-8-14(13)16)9-15-18-11-19-20(15)4-2/h5-8,11-12,17H,3-4,9-10H2,1-2H3. The quantitative estimate of drug-likeness (QED) is 0.853. The van der Waals surface area contributed by atoms with Gasteiger partial charge in [-0.2, -0.15) is 5.10 Å². The van der Waals surface area contributed by atoms with Crippen LogP contribution in [0.3, 0.4) is 0 Å². The average molecular weight is 293 g/mol. The van der Waals surface area contributed by atoms with Gasteiger partial charge in [-0.1, -0.05) is 36.7 Å². The summed E-state index contributed by atoms with van der Waals surface area (Å²) in [7, 11) is 0. The lowest BCUT2D eigenvalue weighted by Crippen LogP contribution is -2.24. The van der Waals surface area contributed by atoms with Crippen LogP contribution >= 0.6 is 11.6 Å². The highest BCUT2D eigenvalue weighted by Crippen LogP contribution is 2.26. The summed E-state index contributed by atoms with van der Waals surface area (Å²) in [4.78, 5) is 4.37. The van der Waals surface area contributed by atoms with Crippen molar-refractivity contribution in [3.8, 4) is 0 Å². The predicted octanol–water partition coefficient (Wildman–Crippen LogP) is 2.89. The highest BCUT2D eigenvalue weighted by atomic mass is 35.5. The minimum Gasteiger partial charge on any atom is -0.316 e. The van der Waals surface area contributed by atoms with Gasteiger partial charge in [0.15, 0.2) is 0 Å². The molecule has 0 radical (unpaired) electrons. The molecule has 20 heavy (non-hydrogen) atoms. The molecule has 2 aromatic rings. The van der Waals surface area contributed by atoms with Crippen molar-refractivity contribution < 1.29 is 0 Å². The molecule has 1 N–H and O–H groups in total. The molecule has 0 saturated heterocycles. The SMILES string of the molecule is CCNCC(Cc1ncnn1CC)c1ccccc1Cl. The van der Waals surface area contributed by atoms with Gasteiger partial charge in [0.2, 0.25) is 0 Å². The molecule has 0 aliphatic rings. The molecule has 1 unspecified atom stereocenters. The second-order valence-electron chi connectivity index (χ2n) is 4.72. The van der Waals surface area contributed by atoms with Crippen LogP contribution in [-0.4, -0.2) is 27.9 Å². The number of hydrogen-bond donors (Lipinski definition) is 1. The number of likely N-dealkylation sites (N-methyl/N-ethyl adjacent to an activating group) is 1. The Hall–Kier alpha value is -1.39. The van der Waals surface area contributed by atoms with Crippen molar-refractivity contribution >= 4 is 11.6 Å². The highest BCUT2D eigenvalue weighted by Gasteiger charge is 2.17. The molecule has 1 heterocycles. The molecule has 0 aliphatic heterocycles. The molecular weight excluding hydrogens is 272 g/mol. The Kier molecular flexibility index (Phi) is 5.56. The number of nitrogens with zero attached hydrogens (tertiary/aromatic N) is 3. The molecule has 108 valence electrons. The van der Waals surface area contributed by atoms with Gasteiger partial charge >= 0.3 is 0 Å². The molecule has 1 aromatic heterocycles. The summed E-state index contributed by atoms with van der Waals surface area (Å²) in [5.41, 5.74) is 1.17. The van der Waals surface area contributed by atoms with Gasteiger partial charge in [0.25, 0.3) is 0 Å². The molecule has 1 aromatic carbocycles. The number of halogens is 1. The number of hydrogen-bond acceptors (Lipinski definition) is 3. The normalized spacial score (nSPS) is 12.6. The number of aryl methyl sites for hydroxylation is 1. The second kappa shape index (κ2) is 7.41. The van der Waals surface area contributed by atoms with Crippen LogP contribution in [0.25, 0.3) is 0 Å². The molecule has 0 fully saturated rings. The molecule has 4 nitrogen and oxygen atoms in total. The topological polar surface area (TPSA) is 42.7 Å². The van der Waals surface area contributed by atoms with Gasteiger partial charge in [0.05, 0.1) is 0 Å².